The molecule has 0 bridgehead atoms. The third kappa shape index (κ3) is 3.28. The van der Waals surface area contributed by atoms with Crippen LogP contribution in [0.1, 0.15) is 29.2 Å². The lowest BCUT2D eigenvalue weighted by Gasteiger charge is -2.18. The SMILES string of the molecule is N#CCC(O)C(O)c1cc(C#N)ccc1CBr. The Hall–Kier alpha value is -1.40. The van der Waals surface area contributed by atoms with Crippen LogP contribution in [0.2, 0.25) is 0 Å². The van der Waals surface area contributed by atoms with Gasteiger partial charge in [-0.25, -0.2) is 0 Å². The lowest BCUT2D eigenvalue weighted by atomic mass is 9.96. The first kappa shape index (κ1) is 13.7. The zero-order valence-corrected chi connectivity index (χ0v) is 10.6. The minimum Gasteiger partial charge on any atom is -0.389 e. The first-order chi connectivity index (χ1) is 8.13. The van der Waals surface area contributed by atoms with E-state index in [-0.39, 0.29) is 6.42 Å². The predicted molar refractivity (Wildman–Crippen MR) is 65.0 cm³/mol. The maximum absolute atomic E-state index is 9.92. The molecule has 0 saturated heterocycles. The molecule has 0 aliphatic heterocycles. The van der Waals surface area contributed by atoms with Crippen molar-refractivity contribution in [3.8, 4) is 12.1 Å². The topological polar surface area (TPSA) is 88.0 Å². The lowest BCUT2D eigenvalue weighted by Crippen LogP contribution is -2.18. The Morgan fingerprint density at radius 2 is 2.00 bits per heavy atom. The van der Waals surface area contributed by atoms with Crippen molar-refractivity contribution in [3.05, 3.63) is 34.9 Å². The molecule has 0 aromatic heterocycles. The van der Waals surface area contributed by atoms with Gasteiger partial charge in [-0.05, 0) is 23.3 Å². The maximum Gasteiger partial charge on any atom is 0.106 e. The monoisotopic (exact) mass is 294 g/mol. The summed E-state index contributed by atoms with van der Waals surface area (Å²) in [5.41, 5.74) is 1.67. The summed E-state index contributed by atoms with van der Waals surface area (Å²) in [7, 11) is 0. The van der Waals surface area contributed by atoms with E-state index in [9.17, 15) is 10.2 Å². The van der Waals surface area contributed by atoms with E-state index in [4.69, 9.17) is 10.5 Å². The minimum atomic E-state index is -1.16. The number of aliphatic hydroxyl groups excluding tert-OH is 2. The highest BCUT2D eigenvalue weighted by Crippen LogP contribution is 2.25. The number of nitriles is 2. The van der Waals surface area contributed by atoms with Crippen molar-refractivity contribution in [2.24, 2.45) is 0 Å². The van der Waals surface area contributed by atoms with Crippen LogP contribution in [0.4, 0.5) is 0 Å². The number of halogens is 1. The average Bonchev–Trinajstić information content (AvgIpc) is 2.37. The van der Waals surface area contributed by atoms with E-state index in [0.717, 1.165) is 5.56 Å². The normalized spacial score (nSPS) is 13.5. The molecular formula is C12H11BrN2O2. The Morgan fingerprint density at radius 1 is 1.29 bits per heavy atom. The molecule has 0 aliphatic carbocycles. The van der Waals surface area contributed by atoms with Gasteiger partial charge in [0.1, 0.15) is 6.10 Å². The number of nitrogens with zero attached hydrogens (tertiary/aromatic N) is 2. The van der Waals surface area contributed by atoms with Crippen molar-refractivity contribution in [1.29, 1.82) is 10.5 Å². The molecule has 0 heterocycles. The highest BCUT2D eigenvalue weighted by Gasteiger charge is 2.21. The zero-order valence-electron chi connectivity index (χ0n) is 8.97. The second-order valence-corrected chi connectivity index (χ2v) is 4.09. The van der Waals surface area contributed by atoms with Crippen LogP contribution in [0.5, 0.6) is 0 Å². The summed E-state index contributed by atoms with van der Waals surface area (Å²) in [6.45, 7) is 0. The molecule has 0 saturated carbocycles. The summed E-state index contributed by atoms with van der Waals surface area (Å²) in [4.78, 5) is 0. The van der Waals surface area contributed by atoms with E-state index >= 15 is 0 Å². The predicted octanol–water partition coefficient (Wildman–Crippen LogP) is 1.76. The van der Waals surface area contributed by atoms with Crippen molar-refractivity contribution in [2.75, 3.05) is 0 Å². The van der Waals surface area contributed by atoms with E-state index in [1.807, 2.05) is 6.07 Å². The fraction of sp³-hybridized carbons (Fsp3) is 0.333. The smallest absolute Gasteiger partial charge is 0.106 e. The third-order valence-corrected chi connectivity index (χ3v) is 3.01. The first-order valence-corrected chi connectivity index (χ1v) is 6.08. The molecule has 2 atom stereocenters. The van der Waals surface area contributed by atoms with Gasteiger partial charge in [0, 0.05) is 5.33 Å². The van der Waals surface area contributed by atoms with Crippen LogP contribution in [0.3, 0.4) is 0 Å². The molecule has 1 rings (SSSR count). The number of hydrogen-bond donors (Lipinski definition) is 2. The fourth-order valence-corrected chi connectivity index (χ4v) is 1.98. The molecule has 1 aromatic rings. The summed E-state index contributed by atoms with van der Waals surface area (Å²) in [5.74, 6) is 0. The first-order valence-electron chi connectivity index (χ1n) is 4.96. The zero-order chi connectivity index (χ0) is 12.8. The van der Waals surface area contributed by atoms with Crippen LogP contribution in [0, 0.1) is 22.7 Å². The van der Waals surface area contributed by atoms with E-state index in [0.29, 0.717) is 16.5 Å². The molecule has 0 spiro atoms. The fourth-order valence-electron chi connectivity index (χ4n) is 1.47. The van der Waals surface area contributed by atoms with Crippen molar-refractivity contribution in [3.63, 3.8) is 0 Å². The molecule has 2 N–H and O–H groups in total. The maximum atomic E-state index is 9.92. The Morgan fingerprint density at radius 3 is 2.53 bits per heavy atom. The van der Waals surface area contributed by atoms with E-state index < -0.39 is 12.2 Å². The summed E-state index contributed by atoms with van der Waals surface area (Å²) in [5, 5.41) is 37.3. The number of rotatable bonds is 4. The number of alkyl halides is 1. The molecule has 0 aliphatic rings. The van der Waals surface area contributed by atoms with Crippen LogP contribution in [0.25, 0.3) is 0 Å². The lowest BCUT2D eigenvalue weighted by molar-refractivity contribution is 0.0212. The molecule has 0 fully saturated rings. The van der Waals surface area contributed by atoms with Crippen molar-refractivity contribution in [1.82, 2.24) is 0 Å². The van der Waals surface area contributed by atoms with Gasteiger partial charge in [0.2, 0.25) is 0 Å². The summed E-state index contributed by atoms with van der Waals surface area (Å²) in [6, 6.07) is 8.65. The number of aliphatic hydroxyl groups is 2. The molecule has 1 aromatic carbocycles. The largest absolute Gasteiger partial charge is 0.389 e. The van der Waals surface area contributed by atoms with Gasteiger partial charge in [-0.1, -0.05) is 22.0 Å². The van der Waals surface area contributed by atoms with Gasteiger partial charge in [-0.15, -0.1) is 0 Å². The highest BCUT2D eigenvalue weighted by atomic mass is 79.9. The minimum absolute atomic E-state index is 0.153. The molecule has 17 heavy (non-hydrogen) atoms. The number of hydrogen-bond acceptors (Lipinski definition) is 4. The third-order valence-electron chi connectivity index (χ3n) is 2.40. The van der Waals surface area contributed by atoms with Crippen LogP contribution < -0.4 is 0 Å². The van der Waals surface area contributed by atoms with Crippen LogP contribution in [-0.2, 0) is 5.33 Å². The second-order valence-electron chi connectivity index (χ2n) is 3.53. The molecule has 88 valence electrons. The van der Waals surface area contributed by atoms with E-state index in [1.54, 1.807) is 18.2 Å². The molecule has 4 nitrogen and oxygen atoms in total. The number of benzene rings is 1. The van der Waals surface area contributed by atoms with Crippen molar-refractivity contribution < 1.29 is 10.2 Å². The summed E-state index contributed by atoms with van der Waals surface area (Å²) in [6.07, 6.45) is -2.46. The molecule has 2 unspecified atom stereocenters. The Labute approximate surface area is 108 Å². The Kier molecular flexibility index (Phi) is 5.11. The van der Waals surface area contributed by atoms with Gasteiger partial charge in [0.15, 0.2) is 0 Å². The Bertz CT molecular complexity index is 476. The molecule has 5 heteroatoms. The summed E-state index contributed by atoms with van der Waals surface area (Å²) < 4.78 is 0. The van der Waals surface area contributed by atoms with Gasteiger partial charge >= 0.3 is 0 Å². The van der Waals surface area contributed by atoms with E-state index in [2.05, 4.69) is 15.9 Å². The standard InChI is InChI=1S/C12H11BrN2O2/c13-6-9-2-1-8(7-15)5-10(9)12(17)11(16)3-4-14/h1-2,5,11-12,16-17H,3,6H2. The van der Waals surface area contributed by atoms with E-state index in [1.165, 1.54) is 6.07 Å². The summed E-state index contributed by atoms with van der Waals surface area (Å²) >= 11 is 3.27. The van der Waals surface area contributed by atoms with Crippen LogP contribution in [-0.4, -0.2) is 16.3 Å². The van der Waals surface area contributed by atoms with Crippen LogP contribution >= 0.6 is 15.9 Å². The van der Waals surface area contributed by atoms with Gasteiger partial charge in [0.25, 0.3) is 0 Å². The molecular weight excluding hydrogens is 284 g/mol. The Balaban J connectivity index is 3.11. The van der Waals surface area contributed by atoms with Gasteiger partial charge < -0.3 is 10.2 Å². The highest BCUT2D eigenvalue weighted by molar-refractivity contribution is 9.08. The van der Waals surface area contributed by atoms with Gasteiger partial charge in [0.05, 0.1) is 30.2 Å². The van der Waals surface area contributed by atoms with Crippen molar-refractivity contribution >= 4 is 15.9 Å². The molecule has 0 radical (unpaired) electrons. The quantitative estimate of drug-likeness (QED) is 0.828. The van der Waals surface area contributed by atoms with Gasteiger partial charge in [-0.2, -0.15) is 10.5 Å². The van der Waals surface area contributed by atoms with Crippen molar-refractivity contribution in [2.45, 2.75) is 24.0 Å². The second kappa shape index (κ2) is 6.36. The average molecular weight is 295 g/mol. The van der Waals surface area contributed by atoms with Crippen LogP contribution in [0.15, 0.2) is 18.2 Å². The molecule has 0 amide bonds. The van der Waals surface area contributed by atoms with Gasteiger partial charge in [-0.3, -0.25) is 0 Å².